The minimum Gasteiger partial charge on any atom is -0.466 e. The van der Waals surface area contributed by atoms with Crippen LogP contribution in [-0.2, 0) is 14.3 Å². The minimum atomic E-state index is -0.858. The van der Waals surface area contributed by atoms with Crippen molar-refractivity contribution in [3.8, 4) is 0 Å². The van der Waals surface area contributed by atoms with E-state index in [9.17, 15) is 19.8 Å². The third kappa shape index (κ3) is 49.8. The lowest BCUT2D eigenvalue weighted by molar-refractivity contribution is -0.143. The molecule has 0 aliphatic carbocycles. The molecule has 0 aromatic rings. The number of allylic oxidation sites excluding steroid dienone is 3. The first-order chi connectivity index (χ1) is 31.5. The summed E-state index contributed by atoms with van der Waals surface area (Å²) in [5, 5.41) is 23.2. The van der Waals surface area contributed by atoms with E-state index in [0.29, 0.717) is 19.4 Å². The molecule has 1 amide bonds. The Hall–Kier alpha value is -1.66. The van der Waals surface area contributed by atoms with Crippen LogP contribution in [0, 0.1) is 0 Å². The molecule has 2 unspecified atom stereocenters. The summed E-state index contributed by atoms with van der Waals surface area (Å²) in [4.78, 5) is 24.5. The topological polar surface area (TPSA) is 95.9 Å². The van der Waals surface area contributed by atoms with Gasteiger partial charge in [0.05, 0.1) is 25.4 Å². The van der Waals surface area contributed by atoms with Crippen molar-refractivity contribution < 1.29 is 24.5 Å². The van der Waals surface area contributed by atoms with E-state index >= 15 is 0 Å². The molecule has 0 heterocycles. The fraction of sp³-hybridized carbons (Fsp3) is 0.897. The van der Waals surface area contributed by atoms with Gasteiger partial charge in [-0.1, -0.05) is 269 Å². The molecule has 64 heavy (non-hydrogen) atoms. The first kappa shape index (κ1) is 62.3. The highest BCUT2D eigenvalue weighted by molar-refractivity contribution is 5.76. The van der Waals surface area contributed by atoms with Gasteiger partial charge in [-0.25, -0.2) is 0 Å². The molecule has 0 bridgehead atoms. The van der Waals surface area contributed by atoms with Gasteiger partial charge in [-0.05, 0) is 51.4 Å². The van der Waals surface area contributed by atoms with Gasteiger partial charge in [-0.2, -0.15) is 0 Å². The number of hydrogen-bond donors (Lipinski definition) is 3. The molecule has 6 heteroatoms. The highest BCUT2D eigenvalue weighted by atomic mass is 16.5. The van der Waals surface area contributed by atoms with E-state index < -0.39 is 12.1 Å². The number of hydrogen-bond acceptors (Lipinski definition) is 5. The van der Waals surface area contributed by atoms with Gasteiger partial charge in [0, 0.05) is 12.8 Å². The smallest absolute Gasteiger partial charge is 0.305 e. The van der Waals surface area contributed by atoms with Gasteiger partial charge in [0.2, 0.25) is 5.91 Å². The molecule has 0 aliphatic rings. The van der Waals surface area contributed by atoms with Crippen LogP contribution in [0.5, 0.6) is 0 Å². The van der Waals surface area contributed by atoms with E-state index in [1.165, 1.54) is 225 Å². The van der Waals surface area contributed by atoms with Crippen molar-refractivity contribution in [3.05, 3.63) is 24.3 Å². The van der Waals surface area contributed by atoms with E-state index in [4.69, 9.17) is 4.74 Å². The lowest BCUT2D eigenvalue weighted by Crippen LogP contribution is -2.45. The Morgan fingerprint density at radius 2 is 0.750 bits per heavy atom. The molecule has 0 saturated heterocycles. The van der Waals surface area contributed by atoms with Crippen molar-refractivity contribution in [3.63, 3.8) is 0 Å². The van der Waals surface area contributed by atoms with Gasteiger partial charge in [-0.15, -0.1) is 0 Å². The zero-order valence-electron chi connectivity index (χ0n) is 43.0. The Morgan fingerprint density at radius 3 is 1.16 bits per heavy atom. The monoisotopic (exact) mass is 902 g/mol. The van der Waals surface area contributed by atoms with Crippen molar-refractivity contribution in [2.45, 2.75) is 321 Å². The summed E-state index contributed by atoms with van der Waals surface area (Å²) < 4.78 is 5.44. The molecule has 378 valence electrons. The molecule has 0 rings (SSSR count). The first-order valence-electron chi connectivity index (χ1n) is 28.6. The number of amides is 1. The normalized spacial score (nSPS) is 12.8. The fourth-order valence-electron chi connectivity index (χ4n) is 8.79. The Labute approximate surface area is 399 Å². The standard InChI is InChI=1S/C58H111NO5/c1-3-5-7-9-11-13-15-16-17-18-19-20-21-22-23-24-25-26-27-28-31-34-38-42-46-50-56(61)55(54-60)59-57(62)51-47-43-39-35-32-29-33-37-41-45-49-53-64-58(63)52-48-44-40-36-30-14-12-10-8-6-4-2/h10,12,46,50,55-56,60-61H,3-9,11,13-45,47-49,51-54H2,1-2H3,(H,59,62)/b12-10-,50-46+. The average Bonchev–Trinajstić information content (AvgIpc) is 3.29. The van der Waals surface area contributed by atoms with Crippen molar-refractivity contribution in [2.75, 3.05) is 13.2 Å². The number of unbranched alkanes of at least 4 members (excludes halogenated alkanes) is 40. The maximum atomic E-state index is 12.5. The van der Waals surface area contributed by atoms with Gasteiger partial charge < -0.3 is 20.3 Å². The van der Waals surface area contributed by atoms with E-state index in [-0.39, 0.29) is 18.5 Å². The van der Waals surface area contributed by atoms with Crippen LogP contribution in [0.2, 0.25) is 0 Å². The Bertz CT molecular complexity index is 997. The zero-order chi connectivity index (χ0) is 46.5. The molecule has 0 saturated carbocycles. The second-order valence-electron chi connectivity index (χ2n) is 19.6. The molecule has 6 nitrogen and oxygen atoms in total. The fourth-order valence-corrected chi connectivity index (χ4v) is 8.79. The Balaban J connectivity index is 3.50. The van der Waals surface area contributed by atoms with Crippen LogP contribution in [0.1, 0.15) is 309 Å². The van der Waals surface area contributed by atoms with Gasteiger partial charge in [0.25, 0.3) is 0 Å². The largest absolute Gasteiger partial charge is 0.466 e. The third-order valence-electron chi connectivity index (χ3n) is 13.2. The van der Waals surface area contributed by atoms with Crippen LogP contribution < -0.4 is 5.32 Å². The third-order valence-corrected chi connectivity index (χ3v) is 13.2. The van der Waals surface area contributed by atoms with Crippen LogP contribution in [0.4, 0.5) is 0 Å². The molecule has 0 spiro atoms. The van der Waals surface area contributed by atoms with Crippen LogP contribution in [0.15, 0.2) is 24.3 Å². The molecule has 0 aromatic carbocycles. The number of aliphatic hydroxyl groups is 2. The average molecular weight is 903 g/mol. The molecule has 0 aromatic heterocycles. The Kier molecular flexibility index (Phi) is 52.6. The molecular weight excluding hydrogens is 791 g/mol. The Morgan fingerprint density at radius 1 is 0.422 bits per heavy atom. The summed E-state index contributed by atoms with van der Waals surface area (Å²) in [5.41, 5.74) is 0. The van der Waals surface area contributed by atoms with Crippen LogP contribution in [-0.4, -0.2) is 47.4 Å². The van der Waals surface area contributed by atoms with E-state index in [1.807, 2.05) is 6.08 Å². The van der Waals surface area contributed by atoms with Crippen molar-refractivity contribution >= 4 is 11.9 Å². The number of aliphatic hydroxyl groups excluding tert-OH is 2. The number of nitrogens with one attached hydrogen (secondary N) is 1. The number of rotatable bonds is 53. The lowest BCUT2D eigenvalue weighted by atomic mass is 10.0. The molecule has 0 aliphatic heterocycles. The first-order valence-corrected chi connectivity index (χ1v) is 28.6. The summed E-state index contributed by atoms with van der Waals surface area (Å²) in [6.07, 6.45) is 64.8. The zero-order valence-corrected chi connectivity index (χ0v) is 43.0. The maximum Gasteiger partial charge on any atom is 0.305 e. The van der Waals surface area contributed by atoms with E-state index in [0.717, 1.165) is 57.8 Å². The second-order valence-corrected chi connectivity index (χ2v) is 19.6. The van der Waals surface area contributed by atoms with Gasteiger partial charge in [0.1, 0.15) is 0 Å². The highest BCUT2D eigenvalue weighted by Crippen LogP contribution is 2.17. The maximum absolute atomic E-state index is 12.5. The molecule has 0 radical (unpaired) electrons. The number of carbonyl (C=O) groups excluding carboxylic acids is 2. The number of ether oxygens (including phenoxy) is 1. The lowest BCUT2D eigenvalue weighted by Gasteiger charge is -2.20. The number of carbonyl (C=O) groups is 2. The molecular formula is C58H111NO5. The van der Waals surface area contributed by atoms with Crippen molar-refractivity contribution in [1.82, 2.24) is 5.32 Å². The van der Waals surface area contributed by atoms with Crippen LogP contribution in [0.3, 0.4) is 0 Å². The van der Waals surface area contributed by atoms with Crippen LogP contribution >= 0.6 is 0 Å². The van der Waals surface area contributed by atoms with Gasteiger partial charge in [-0.3, -0.25) is 9.59 Å². The molecule has 2 atom stereocenters. The summed E-state index contributed by atoms with van der Waals surface area (Å²) in [6, 6.07) is -0.643. The summed E-state index contributed by atoms with van der Waals surface area (Å²) >= 11 is 0. The van der Waals surface area contributed by atoms with Gasteiger partial charge >= 0.3 is 5.97 Å². The quantitative estimate of drug-likeness (QED) is 0.0321. The summed E-state index contributed by atoms with van der Waals surface area (Å²) in [6.45, 7) is 4.84. The van der Waals surface area contributed by atoms with Crippen LogP contribution in [0.25, 0.3) is 0 Å². The molecule has 3 N–H and O–H groups in total. The second kappa shape index (κ2) is 54.0. The summed E-state index contributed by atoms with van der Waals surface area (Å²) in [7, 11) is 0. The van der Waals surface area contributed by atoms with Crippen molar-refractivity contribution in [2.24, 2.45) is 0 Å². The van der Waals surface area contributed by atoms with Crippen molar-refractivity contribution in [1.29, 1.82) is 0 Å². The van der Waals surface area contributed by atoms with E-state index in [2.05, 4.69) is 31.3 Å². The van der Waals surface area contributed by atoms with E-state index in [1.54, 1.807) is 6.08 Å². The SMILES string of the molecule is CCCC/C=C\CCCCCCCC(=O)OCCCCCCCCCCCCCC(=O)NC(CO)C(O)/C=C/CCCCCCCCCCCCCCCCCCCCCCCCC. The predicted molar refractivity (Wildman–Crippen MR) is 278 cm³/mol. The minimum absolute atomic E-state index is 0.0259. The summed E-state index contributed by atoms with van der Waals surface area (Å²) in [5.74, 6) is -0.111. The van der Waals surface area contributed by atoms with Gasteiger partial charge in [0.15, 0.2) is 0 Å². The number of esters is 1. The predicted octanol–water partition coefficient (Wildman–Crippen LogP) is 17.5. The highest BCUT2D eigenvalue weighted by Gasteiger charge is 2.18. The molecule has 0 fully saturated rings.